The van der Waals surface area contributed by atoms with Gasteiger partial charge in [-0.05, 0) is 56.7 Å². The summed E-state index contributed by atoms with van der Waals surface area (Å²) in [6, 6.07) is 12.3. The first kappa shape index (κ1) is 29.4. The summed E-state index contributed by atoms with van der Waals surface area (Å²) in [5.74, 6) is -4.64. The van der Waals surface area contributed by atoms with Crippen molar-refractivity contribution in [2.24, 2.45) is 5.92 Å². The molecule has 0 aliphatic carbocycles. The van der Waals surface area contributed by atoms with E-state index in [-0.39, 0.29) is 36.3 Å². The molecule has 1 aliphatic rings. The van der Waals surface area contributed by atoms with Gasteiger partial charge in [0.05, 0.1) is 54.9 Å². The van der Waals surface area contributed by atoms with Gasteiger partial charge in [-0.1, -0.05) is 18.2 Å². The molecule has 0 saturated carbocycles. The summed E-state index contributed by atoms with van der Waals surface area (Å²) in [7, 11) is 1.14. The number of alkyl halides is 3. The van der Waals surface area contributed by atoms with E-state index in [9.17, 15) is 28.0 Å². The van der Waals surface area contributed by atoms with E-state index in [1.54, 1.807) is 32.9 Å². The lowest BCUT2D eigenvalue weighted by atomic mass is 9.75. The molecule has 0 aromatic heterocycles. The number of methoxy groups -OCH3 is 1. The summed E-state index contributed by atoms with van der Waals surface area (Å²) in [4.78, 5) is 27.8. The molecule has 2 aromatic carbocycles. The Morgan fingerprint density at radius 1 is 1.15 bits per heavy atom. The van der Waals surface area contributed by atoms with Crippen molar-refractivity contribution in [3.63, 3.8) is 0 Å². The third-order valence-corrected chi connectivity index (χ3v) is 6.09. The van der Waals surface area contributed by atoms with Gasteiger partial charge in [0, 0.05) is 11.6 Å². The van der Waals surface area contributed by atoms with E-state index in [1.807, 2.05) is 6.07 Å². The number of ether oxygens (including phenoxy) is 3. The highest BCUT2D eigenvalue weighted by molar-refractivity contribution is 6.14. The van der Waals surface area contributed by atoms with Crippen molar-refractivity contribution in [2.75, 3.05) is 25.2 Å². The van der Waals surface area contributed by atoms with Crippen LogP contribution in [-0.4, -0.2) is 44.2 Å². The molecule has 2 atom stereocenters. The van der Waals surface area contributed by atoms with Crippen molar-refractivity contribution in [1.82, 2.24) is 0 Å². The maximum atomic E-state index is 13.6. The number of amidine groups is 1. The normalized spacial score (nSPS) is 17.7. The van der Waals surface area contributed by atoms with E-state index < -0.39 is 41.3 Å². The third-order valence-electron chi connectivity index (χ3n) is 6.09. The number of hydrogen-bond donors (Lipinski definition) is 1. The highest BCUT2D eigenvalue weighted by Crippen LogP contribution is 2.44. The molecule has 206 valence electrons. The van der Waals surface area contributed by atoms with Crippen LogP contribution in [-0.2, 0) is 30.0 Å². The van der Waals surface area contributed by atoms with Crippen LogP contribution in [0.5, 0.6) is 0 Å². The standard InChI is InChI=1S/C28H28F3N3O5/c1-5-38-27(36)24-22(18-11-9-17(14-32)10-12-18)23(26(35)37-4)21(15-39-16(2)3)34(25(24)33)20-8-6-7-19(13-20)28(29,30)31/h6-13,16,22,24,33H,5,15H2,1-4H3. The van der Waals surface area contributed by atoms with E-state index in [1.165, 1.54) is 24.3 Å². The first-order chi connectivity index (χ1) is 18.4. The van der Waals surface area contributed by atoms with Gasteiger partial charge < -0.3 is 14.2 Å². The smallest absolute Gasteiger partial charge is 0.416 e. The minimum Gasteiger partial charge on any atom is -0.466 e. The lowest BCUT2D eigenvalue weighted by molar-refractivity contribution is -0.146. The molecule has 1 heterocycles. The van der Waals surface area contributed by atoms with Crippen molar-refractivity contribution in [2.45, 2.75) is 39.0 Å². The van der Waals surface area contributed by atoms with Gasteiger partial charge in [0.2, 0.25) is 0 Å². The molecule has 0 fully saturated rings. The lowest BCUT2D eigenvalue weighted by Gasteiger charge is -2.41. The molecular weight excluding hydrogens is 515 g/mol. The second kappa shape index (κ2) is 12.1. The Bertz CT molecular complexity index is 1310. The van der Waals surface area contributed by atoms with Crippen LogP contribution < -0.4 is 4.90 Å². The fourth-order valence-electron chi connectivity index (χ4n) is 4.37. The monoisotopic (exact) mass is 543 g/mol. The molecule has 0 amide bonds. The third kappa shape index (κ3) is 6.29. The highest BCUT2D eigenvalue weighted by atomic mass is 19.4. The predicted molar refractivity (Wildman–Crippen MR) is 136 cm³/mol. The highest BCUT2D eigenvalue weighted by Gasteiger charge is 2.48. The van der Waals surface area contributed by atoms with Gasteiger partial charge in [-0.15, -0.1) is 0 Å². The maximum absolute atomic E-state index is 13.6. The molecule has 39 heavy (non-hydrogen) atoms. The van der Waals surface area contributed by atoms with E-state index in [0.29, 0.717) is 11.1 Å². The quantitative estimate of drug-likeness (QED) is 0.456. The summed E-state index contributed by atoms with van der Waals surface area (Å²) in [5, 5.41) is 18.3. The SMILES string of the molecule is CCOC(=O)C1C(=N)N(c2cccc(C(F)(F)F)c2)C(COC(C)C)=C(C(=O)OC)C1c1ccc(C#N)cc1. The number of carbonyl (C=O) groups is 2. The maximum Gasteiger partial charge on any atom is 0.416 e. The topological polar surface area (TPSA) is 113 Å². The lowest BCUT2D eigenvalue weighted by Crippen LogP contribution is -2.49. The number of anilines is 1. The zero-order valence-corrected chi connectivity index (χ0v) is 21.8. The molecule has 3 rings (SSSR count). The molecule has 2 unspecified atom stereocenters. The number of halogens is 3. The van der Waals surface area contributed by atoms with Crippen LogP contribution in [0.25, 0.3) is 0 Å². The van der Waals surface area contributed by atoms with Crippen molar-refractivity contribution in [3.8, 4) is 6.07 Å². The second-order valence-corrected chi connectivity index (χ2v) is 8.92. The molecule has 1 aliphatic heterocycles. The number of esters is 2. The zero-order valence-electron chi connectivity index (χ0n) is 21.8. The Hall–Kier alpha value is -4.17. The van der Waals surface area contributed by atoms with Gasteiger partial charge in [0.15, 0.2) is 0 Å². The van der Waals surface area contributed by atoms with E-state index in [0.717, 1.165) is 24.1 Å². The Labute approximate surface area is 224 Å². The first-order valence-corrected chi connectivity index (χ1v) is 12.1. The predicted octanol–water partition coefficient (Wildman–Crippen LogP) is 5.19. The summed E-state index contributed by atoms with van der Waals surface area (Å²) in [6.45, 7) is 4.74. The summed E-state index contributed by atoms with van der Waals surface area (Å²) < 4.78 is 57.0. The molecular formula is C28H28F3N3O5. The Morgan fingerprint density at radius 2 is 1.82 bits per heavy atom. The largest absolute Gasteiger partial charge is 0.466 e. The molecule has 2 aromatic rings. The Kier molecular flexibility index (Phi) is 9.14. The molecule has 0 spiro atoms. The van der Waals surface area contributed by atoms with Crippen molar-refractivity contribution in [1.29, 1.82) is 10.7 Å². The van der Waals surface area contributed by atoms with Gasteiger partial charge in [-0.25, -0.2) is 4.79 Å². The van der Waals surface area contributed by atoms with Gasteiger partial charge in [0.25, 0.3) is 0 Å². The average Bonchev–Trinajstić information content (AvgIpc) is 2.90. The van der Waals surface area contributed by atoms with Gasteiger partial charge in [-0.3, -0.25) is 15.1 Å². The van der Waals surface area contributed by atoms with E-state index in [4.69, 9.17) is 19.6 Å². The number of nitrogens with zero attached hydrogens (tertiary/aromatic N) is 2. The Balaban J connectivity index is 2.39. The number of benzene rings is 2. The number of carbonyl (C=O) groups excluding carboxylic acids is 2. The average molecular weight is 544 g/mol. The number of hydrogen-bond acceptors (Lipinski definition) is 7. The minimum absolute atomic E-state index is 0.0349. The van der Waals surface area contributed by atoms with E-state index in [2.05, 4.69) is 0 Å². The van der Waals surface area contributed by atoms with Crippen LogP contribution in [0.2, 0.25) is 0 Å². The molecule has 11 heteroatoms. The molecule has 8 nitrogen and oxygen atoms in total. The van der Waals surface area contributed by atoms with Crippen molar-refractivity contribution >= 4 is 23.5 Å². The van der Waals surface area contributed by atoms with Crippen LogP contribution in [0.15, 0.2) is 59.8 Å². The van der Waals surface area contributed by atoms with Gasteiger partial charge in [-0.2, -0.15) is 18.4 Å². The van der Waals surface area contributed by atoms with Gasteiger partial charge in [0.1, 0.15) is 11.8 Å². The fourth-order valence-corrected chi connectivity index (χ4v) is 4.37. The number of rotatable bonds is 8. The number of nitrogens with one attached hydrogen (secondary N) is 1. The minimum atomic E-state index is -4.68. The summed E-state index contributed by atoms with van der Waals surface area (Å²) in [5.41, 5.74) is -0.355. The molecule has 0 radical (unpaired) electrons. The van der Waals surface area contributed by atoms with Crippen LogP contribution in [0.4, 0.5) is 18.9 Å². The second-order valence-electron chi connectivity index (χ2n) is 8.92. The summed E-state index contributed by atoms with van der Waals surface area (Å²) >= 11 is 0. The van der Waals surface area contributed by atoms with Crippen LogP contribution in [0, 0.1) is 22.7 Å². The van der Waals surface area contributed by atoms with E-state index >= 15 is 0 Å². The van der Waals surface area contributed by atoms with Gasteiger partial charge >= 0.3 is 18.1 Å². The molecule has 1 N–H and O–H groups in total. The van der Waals surface area contributed by atoms with Crippen LogP contribution in [0.3, 0.4) is 0 Å². The van der Waals surface area contributed by atoms with Crippen molar-refractivity contribution in [3.05, 3.63) is 76.5 Å². The first-order valence-electron chi connectivity index (χ1n) is 12.1. The number of nitriles is 1. The van der Waals surface area contributed by atoms with Crippen LogP contribution in [0.1, 0.15) is 43.4 Å². The zero-order chi connectivity index (χ0) is 28.9. The fraction of sp³-hybridized carbons (Fsp3) is 0.357. The Morgan fingerprint density at radius 3 is 2.36 bits per heavy atom. The van der Waals surface area contributed by atoms with Crippen LogP contribution >= 0.6 is 0 Å². The van der Waals surface area contributed by atoms with Crippen molar-refractivity contribution < 1.29 is 37.0 Å². The summed E-state index contributed by atoms with van der Waals surface area (Å²) in [6.07, 6.45) is -5.02. The molecule has 0 bridgehead atoms. The molecule has 0 saturated heterocycles.